The number of hydrogen-bond acceptors (Lipinski definition) is 5. The third-order valence-corrected chi connectivity index (χ3v) is 7.12. The van der Waals surface area contributed by atoms with Gasteiger partial charge < -0.3 is 10.0 Å². The van der Waals surface area contributed by atoms with Gasteiger partial charge >= 0.3 is 0 Å². The van der Waals surface area contributed by atoms with Crippen molar-refractivity contribution in [2.75, 3.05) is 6.54 Å². The van der Waals surface area contributed by atoms with Gasteiger partial charge in [-0.05, 0) is 41.8 Å². The number of hydrogen-bond donors (Lipinski definition) is 2. The maximum atomic E-state index is 13.0. The number of aliphatic hydroxyl groups is 1. The van der Waals surface area contributed by atoms with E-state index in [2.05, 4.69) is 15.9 Å². The molecule has 0 aromatic heterocycles. The number of halogens is 1. The Morgan fingerprint density at radius 1 is 0.941 bits per heavy atom. The lowest BCUT2D eigenvalue weighted by molar-refractivity contribution is -0.139. The van der Waals surface area contributed by atoms with Gasteiger partial charge in [0, 0.05) is 16.6 Å². The van der Waals surface area contributed by atoms with Gasteiger partial charge in [0.25, 0.3) is 11.7 Å². The number of likely N-dealkylation sites (tertiary alicyclic amines) is 1. The Bertz CT molecular complexity index is 1370. The summed E-state index contributed by atoms with van der Waals surface area (Å²) >= 11 is 3.35. The van der Waals surface area contributed by atoms with Crippen molar-refractivity contribution in [2.24, 2.45) is 5.14 Å². The quantitative estimate of drug-likeness (QED) is 0.280. The first kappa shape index (κ1) is 23.9. The summed E-state index contributed by atoms with van der Waals surface area (Å²) in [6.45, 7) is 0.190. The van der Waals surface area contributed by atoms with Crippen LogP contribution in [0.4, 0.5) is 0 Å². The minimum Gasteiger partial charge on any atom is -0.507 e. The summed E-state index contributed by atoms with van der Waals surface area (Å²) in [7, 11) is -3.80. The summed E-state index contributed by atoms with van der Waals surface area (Å²) < 4.78 is 23.8. The van der Waals surface area contributed by atoms with Gasteiger partial charge in [-0.2, -0.15) is 0 Å². The van der Waals surface area contributed by atoms with Crippen LogP contribution >= 0.6 is 15.9 Å². The molecule has 3 aromatic carbocycles. The Morgan fingerprint density at radius 3 is 2.15 bits per heavy atom. The van der Waals surface area contributed by atoms with Crippen LogP contribution in [0.3, 0.4) is 0 Å². The van der Waals surface area contributed by atoms with Crippen molar-refractivity contribution < 1.29 is 23.1 Å². The topological polar surface area (TPSA) is 118 Å². The molecule has 9 heteroatoms. The molecule has 1 amide bonds. The summed E-state index contributed by atoms with van der Waals surface area (Å²) in [5.74, 6) is -1.69. The summed E-state index contributed by atoms with van der Waals surface area (Å²) in [6, 6.07) is 21.2. The highest BCUT2D eigenvalue weighted by Gasteiger charge is 2.45. The standard InChI is InChI=1S/C25H21BrN2O5S/c26-19-10-8-18(9-11-19)23(29)21-22(17-4-2-1-3-5-17)28(25(31)24(21)30)15-14-16-6-12-20(13-7-16)34(27,32)33/h1-13,22,29H,14-15H2,(H2,27,32,33)/b23-21+. The van der Waals surface area contributed by atoms with E-state index >= 15 is 0 Å². The molecule has 0 bridgehead atoms. The molecular formula is C25H21BrN2O5S. The van der Waals surface area contributed by atoms with Crippen molar-refractivity contribution in [3.63, 3.8) is 0 Å². The van der Waals surface area contributed by atoms with Gasteiger partial charge in [-0.3, -0.25) is 9.59 Å². The smallest absolute Gasteiger partial charge is 0.295 e. The molecule has 3 N–H and O–H groups in total. The highest BCUT2D eigenvalue weighted by Crippen LogP contribution is 2.39. The molecule has 174 valence electrons. The fourth-order valence-electron chi connectivity index (χ4n) is 3.95. The van der Waals surface area contributed by atoms with Crippen molar-refractivity contribution in [1.29, 1.82) is 0 Å². The summed E-state index contributed by atoms with van der Waals surface area (Å²) in [4.78, 5) is 27.5. The van der Waals surface area contributed by atoms with Crippen LogP contribution in [0.5, 0.6) is 0 Å². The number of rotatable bonds is 6. The van der Waals surface area contributed by atoms with Gasteiger partial charge in [0.2, 0.25) is 10.0 Å². The summed E-state index contributed by atoms with van der Waals surface area (Å²) in [5, 5.41) is 16.2. The monoisotopic (exact) mass is 540 g/mol. The molecule has 1 aliphatic heterocycles. The average Bonchev–Trinajstić information content (AvgIpc) is 3.08. The van der Waals surface area contributed by atoms with E-state index in [1.54, 1.807) is 60.7 Å². The van der Waals surface area contributed by atoms with E-state index in [0.29, 0.717) is 17.5 Å². The minimum absolute atomic E-state index is 0.00419. The van der Waals surface area contributed by atoms with Crippen LogP contribution in [0, 0.1) is 0 Å². The Kier molecular flexibility index (Phi) is 6.70. The van der Waals surface area contributed by atoms with Gasteiger partial charge in [0.15, 0.2) is 0 Å². The summed E-state index contributed by atoms with van der Waals surface area (Å²) in [6.07, 6.45) is 0.375. The molecule has 0 aliphatic carbocycles. The van der Waals surface area contributed by atoms with Crippen LogP contribution in [0.2, 0.25) is 0 Å². The number of primary sulfonamides is 1. The predicted molar refractivity (Wildman–Crippen MR) is 131 cm³/mol. The van der Waals surface area contributed by atoms with Crippen molar-refractivity contribution in [3.8, 4) is 0 Å². The van der Waals surface area contributed by atoms with E-state index in [-0.39, 0.29) is 22.8 Å². The zero-order valence-corrected chi connectivity index (χ0v) is 20.3. The molecular weight excluding hydrogens is 520 g/mol. The molecule has 0 spiro atoms. The van der Waals surface area contributed by atoms with Gasteiger partial charge in [0.05, 0.1) is 16.5 Å². The molecule has 34 heavy (non-hydrogen) atoms. The number of benzene rings is 3. The average molecular weight is 541 g/mol. The molecule has 1 saturated heterocycles. The van der Waals surface area contributed by atoms with Crippen LogP contribution in [0.25, 0.3) is 5.76 Å². The van der Waals surface area contributed by atoms with E-state index in [1.165, 1.54) is 17.0 Å². The lowest BCUT2D eigenvalue weighted by Gasteiger charge is -2.25. The molecule has 1 unspecified atom stereocenters. The van der Waals surface area contributed by atoms with Gasteiger partial charge in [-0.15, -0.1) is 0 Å². The number of aliphatic hydroxyl groups excluding tert-OH is 1. The minimum atomic E-state index is -3.80. The largest absolute Gasteiger partial charge is 0.507 e. The molecule has 4 rings (SSSR count). The zero-order valence-electron chi connectivity index (χ0n) is 17.9. The third kappa shape index (κ3) is 4.82. The second kappa shape index (κ2) is 9.54. The molecule has 0 saturated carbocycles. The van der Waals surface area contributed by atoms with Crippen LogP contribution in [-0.4, -0.2) is 36.7 Å². The molecule has 1 heterocycles. The zero-order chi connectivity index (χ0) is 24.5. The van der Waals surface area contributed by atoms with E-state index in [4.69, 9.17) is 5.14 Å². The number of nitrogens with two attached hydrogens (primary N) is 1. The molecule has 1 atom stereocenters. The third-order valence-electron chi connectivity index (χ3n) is 5.67. The van der Waals surface area contributed by atoms with E-state index in [9.17, 15) is 23.1 Å². The first-order valence-electron chi connectivity index (χ1n) is 10.4. The van der Waals surface area contributed by atoms with Crippen molar-refractivity contribution in [3.05, 3.63) is 106 Å². The lowest BCUT2D eigenvalue weighted by atomic mass is 9.95. The van der Waals surface area contributed by atoms with Gasteiger partial charge in [-0.1, -0.05) is 70.5 Å². The Labute approximate surface area is 205 Å². The Morgan fingerprint density at radius 2 is 1.56 bits per heavy atom. The van der Waals surface area contributed by atoms with Crippen LogP contribution < -0.4 is 5.14 Å². The van der Waals surface area contributed by atoms with Crippen LogP contribution in [0.15, 0.2) is 93.8 Å². The van der Waals surface area contributed by atoms with Gasteiger partial charge in [-0.25, -0.2) is 13.6 Å². The fourth-order valence-corrected chi connectivity index (χ4v) is 4.73. The van der Waals surface area contributed by atoms with E-state index < -0.39 is 27.8 Å². The first-order chi connectivity index (χ1) is 16.2. The van der Waals surface area contributed by atoms with Gasteiger partial charge in [0.1, 0.15) is 5.76 Å². The Balaban J connectivity index is 1.70. The number of carbonyl (C=O) groups is 2. The SMILES string of the molecule is NS(=O)(=O)c1ccc(CCN2C(=O)C(=O)/C(=C(/O)c3ccc(Br)cc3)C2c2ccccc2)cc1. The van der Waals surface area contributed by atoms with Crippen LogP contribution in [-0.2, 0) is 26.0 Å². The highest BCUT2D eigenvalue weighted by atomic mass is 79.9. The first-order valence-corrected chi connectivity index (χ1v) is 12.7. The molecule has 0 radical (unpaired) electrons. The molecule has 7 nitrogen and oxygen atoms in total. The molecule has 3 aromatic rings. The number of nitrogens with zero attached hydrogens (tertiary/aromatic N) is 1. The Hall–Kier alpha value is -3.27. The highest BCUT2D eigenvalue weighted by molar-refractivity contribution is 9.10. The number of Topliss-reactive ketones (excluding diaryl/α,β-unsaturated/α-hetero) is 1. The normalized spacial score (nSPS) is 17.8. The van der Waals surface area contributed by atoms with Crippen molar-refractivity contribution >= 4 is 43.4 Å². The number of carbonyl (C=O) groups excluding carboxylic acids is 2. The molecule has 1 fully saturated rings. The number of amides is 1. The van der Waals surface area contributed by atoms with Crippen molar-refractivity contribution in [2.45, 2.75) is 17.4 Å². The second-order valence-electron chi connectivity index (χ2n) is 7.85. The maximum Gasteiger partial charge on any atom is 0.295 e. The molecule has 1 aliphatic rings. The maximum absolute atomic E-state index is 13.0. The van der Waals surface area contributed by atoms with E-state index in [0.717, 1.165) is 10.0 Å². The lowest BCUT2D eigenvalue weighted by Crippen LogP contribution is -2.31. The summed E-state index contributed by atoms with van der Waals surface area (Å²) in [5.41, 5.74) is 1.93. The van der Waals surface area contributed by atoms with Crippen molar-refractivity contribution in [1.82, 2.24) is 4.90 Å². The second-order valence-corrected chi connectivity index (χ2v) is 10.3. The number of ketones is 1. The van der Waals surface area contributed by atoms with E-state index in [1.807, 2.05) is 6.07 Å². The fraction of sp³-hybridized carbons (Fsp3) is 0.120. The predicted octanol–water partition coefficient (Wildman–Crippen LogP) is 3.76. The number of sulfonamides is 1. The van der Waals surface area contributed by atoms with Crippen LogP contribution in [0.1, 0.15) is 22.7 Å².